The van der Waals surface area contributed by atoms with Crippen molar-refractivity contribution in [1.82, 2.24) is 20.1 Å². The van der Waals surface area contributed by atoms with E-state index in [0.717, 1.165) is 12.1 Å². The zero-order valence-corrected chi connectivity index (χ0v) is 17.1. The van der Waals surface area contributed by atoms with Crippen molar-refractivity contribution in [3.63, 3.8) is 0 Å². The molecule has 1 aliphatic rings. The number of nitrogens with one attached hydrogen (secondary N) is 2. The van der Waals surface area contributed by atoms with E-state index < -0.39 is 37.3 Å². The highest BCUT2D eigenvalue weighted by Crippen LogP contribution is 2.20. The van der Waals surface area contributed by atoms with Crippen LogP contribution in [0.1, 0.15) is 13.3 Å². The predicted octanol–water partition coefficient (Wildman–Crippen LogP) is -0.858. The summed E-state index contributed by atoms with van der Waals surface area (Å²) in [6, 6.07) is 7.45. The summed E-state index contributed by atoms with van der Waals surface area (Å²) in [7, 11) is 0. The Bertz CT molecular complexity index is 833. The largest absolute Gasteiger partial charge is 0.462 e. The fourth-order valence-electron chi connectivity index (χ4n) is 2.85. The number of ether oxygens (including phenoxy) is 2. The van der Waals surface area contributed by atoms with E-state index in [1.807, 2.05) is 6.92 Å². The molecule has 1 aromatic heterocycles. The number of aliphatic hydroxyl groups is 4. The molecule has 2 aromatic rings. The van der Waals surface area contributed by atoms with Crippen molar-refractivity contribution < 1.29 is 29.9 Å². The molecule has 3 rings (SSSR count). The summed E-state index contributed by atoms with van der Waals surface area (Å²) in [5.74, 6) is 0. The smallest absolute Gasteiger partial charge is 0.335 e. The van der Waals surface area contributed by atoms with Gasteiger partial charge in [-0.3, -0.25) is 0 Å². The Morgan fingerprint density at radius 3 is 2.60 bits per heavy atom. The number of rotatable bonds is 7. The van der Waals surface area contributed by atoms with Gasteiger partial charge in [-0.2, -0.15) is 4.98 Å². The number of thiocarbonyl (C=S) groups is 1. The van der Waals surface area contributed by atoms with Gasteiger partial charge in [0.2, 0.25) is 0 Å². The summed E-state index contributed by atoms with van der Waals surface area (Å²) >= 11 is 5.22. The van der Waals surface area contributed by atoms with E-state index in [2.05, 4.69) is 20.7 Å². The van der Waals surface area contributed by atoms with Gasteiger partial charge in [-0.25, -0.2) is 4.68 Å². The van der Waals surface area contributed by atoms with Crippen LogP contribution in [0.3, 0.4) is 0 Å². The third kappa shape index (κ3) is 5.22. The first-order chi connectivity index (χ1) is 14.4. The third-order valence-corrected chi connectivity index (χ3v) is 4.68. The monoisotopic (exact) mass is 439 g/mol. The number of nitrogens with zero attached hydrogens (tertiary/aromatic N) is 3. The number of anilines is 1. The van der Waals surface area contributed by atoms with Gasteiger partial charge in [0.05, 0.1) is 18.9 Å². The molecule has 12 heteroatoms. The number of aliphatic hydroxyl groups excluding tert-OH is 4. The summed E-state index contributed by atoms with van der Waals surface area (Å²) in [5, 5.41) is 49.0. The molecule has 0 aliphatic carbocycles. The van der Waals surface area contributed by atoms with Crippen molar-refractivity contribution in [2.75, 3.05) is 18.5 Å². The molecule has 0 radical (unpaired) electrons. The van der Waals surface area contributed by atoms with Crippen molar-refractivity contribution in [2.45, 2.75) is 44.0 Å². The molecule has 0 spiro atoms. The fourth-order valence-corrected chi connectivity index (χ4v) is 3.08. The first-order valence-electron chi connectivity index (χ1n) is 9.46. The summed E-state index contributed by atoms with van der Waals surface area (Å²) < 4.78 is 12.3. The normalized spacial score (nSPS) is 26.2. The van der Waals surface area contributed by atoms with Gasteiger partial charge in [-0.1, -0.05) is 6.92 Å². The molecule has 164 valence electrons. The van der Waals surface area contributed by atoms with Crippen LogP contribution < -0.4 is 15.4 Å². The highest BCUT2D eigenvalue weighted by Gasteiger charge is 2.43. The van der Waals surface area contributed by atoms with Gasteiger partial charge < -0.3 is 40.5 Å². The number of hydrogen-bond donors (Lipinski definition) is 6. The van der Waals surface area contributed by atoms with Gasteiger partial charge in [0.15, 0.2) is 11.3 Å². The molecule has 0 amide bonds. The van der Waals surface area contributed by atoms with Gasteiger partial charge in [0.25, 0.3) is 0 Å². The molecule has 5 atom stereocenters. The highest BCUT2D eigenvalue weighted by molar-refractivity contribution is 7.80. The Kier molecular flexibility index (Phi) is 7.53. The van der Waals surface area contributed by atoms with Crippen LogP contribution in [-0.2, 0) is 4.74 Å². The maximum Gasteiger partial charge on any atom is 0.335 e. The molecule has 0 saturated carbocycles. The Hall–Kier alpha value is -2.35. The van der Waals surface area contributed by atoms with E-state index in [-0.39, 0.29) is 5.11 Å². The Labute approximate surface area is 178 Å². The Morgan fingerprint density at radius 1 is 1.20 bits per heavy atom. The van der Waals surface area contributed by atoms with Crippen LogP contribution in [0.25, 0.3) is 5.69 Å². The lowest BCUT2D eigenvalue weighted by Crippen LogP contribution is -2.63. The average molecular weight is 439 g/mol. The number of benzene rings is 1. The van der Waals surface area contributed by atoms with Gasteiger partial charge in [-0.15, -0.1) is 5.10 Å². The quantitative estimate of drug-likeness (QED) is 0.299. The fraction of sp³-hybridized carbons (Fsp3) is 0.500. The molecule has 0 bridgehead atoms. The van der Waals surface area contributed by atoms with Crippen LogP contribution in [0.5, 0.6) is 6.01 Å². The third-order valence-electron chi connectivity index (χ3n) is 4.46. The second-order valence-electron chi connectivity index (χ2n) is 6.71. The molecular formula is C18H25N5O6S. The van der Waals surface area contributed by atoms with Crippen LogP contribution in [0, 0.1) is 0 Å². The summed E-state index contributed by atoms with van der Waals surface area (Å²) in [4.78, 5) is 4.09. The maximum absolute atomic E-state index is 10.1. The topological polar surface area (TPSA) is 154 Å². The number of aromatic nitrogens is 3. The molecule has 1 saturated heterocycles. The standard InChI is InChI=1S/C18H25N5O6S/c1-2-7-28-17-19-9-23(22-17)11-5-3-10(4-6-11)20-18(30)21-16-15(27)14(26)13(25)12(8-24)29-16/h3-6,9,12-16,24-27H,2,7-8H2,1H3,(H2,20,21,30)/t12-,13-,14+,15-,16?/m1/s1. The van der Waals surface area contributed by atoms with E-state index >= 15 is 0 Å². The summed E-state index contributed by atoms with van der Waals surface area (Å²) in [6.45, 7) is 2.03. The Morgan fingerprint density at radius 2 is 1.93 bits per heavy atom. The van der Waals surface area contributed by atoms with Crippen LogP contribution in [0.2, 0.25) is 0 Å². The molecule has 6 N–H and O–H groups in total. The van der Waals surface area contributed by atoms with Crippen molar-refractivity contribution in [3.05, 3.63) is 30.6 Å². The first kappa shape index (κ1) is 22.3. The average Bonchev–Trinajstić information content (AvgIpc) is 3.22. The van der Waals surface area contributed by atoms with Gasteiger partial charge in [-0.05, 0) is 42.9 Å². The van der Waals surface area contributed by atoms with Gasteiger partial charge >= 0.3 is 6.01 Å². The Balaban J connectivity index is 1.57. The molecule has 1 aromatic carbocycles. The number of hydrogen-bond acceptors (Lipinski definition) is 9. The van der Waals surface area contributed by atoms with E-state index in [4.69, 9.17) is 21.7 Å². The molecule has 11 nitrogen and oxygen atoms in total. The predicted molar refractivity (Wildman–Crippen MR) is 110 cm³/mol. The lowest BCUT2D eigenvalue weighted by molar-refractivity contribution is -0.232. The first-order valence-corrected chi connectivity index (χ1v) is 9.86. The van der Waals surface area contributed by atoms with Crippen LogP contribution in [-0.4, -0.2) is 84.2 Å². The lowest BCUT2D eigenvalue weighted by Gasteiger charge is -2.40. The zero-order chi connectivity index (χ0) is 21.7. The highest BCUT2D eigenvalue weighted by atomic mass is 32.1. The summed E-state index contributed by atoms with van der Waals surface area (Å²) in [5.41, 5.74) is 1.43. The minimum absolute atomic E-state index is 0.128. The van der Waals surface area contributed by atoms with Crippen molar-refractivity contribution in [1.29, 1.82) is 0 Å². The molecule has 1 unspecified atom stereocenters. The minimum Gasteiger partial charge on any atom is -0.462 e. The molecule has 1 fully saturated rings. The van der Waals surface area contributed by atoms with E-state index in [0.29, 0.717) is 18.3 Å². The van der Waals surface area contributed by atoms with Crippen molar-refractivity contribution in [3.8, 4) is 11.7 Å². The van der Waals surface area contributed by atoms with E-state index in [1.165, 1.54) is 0 Å². The van der Waals surface area contributed by atoms with Crippen LogP contribution >= 0.6 is 12.2 Å². The van der Waals surface area contributed by atoms with Crippen LogP contribution in [0.4, 0.5) is 5.69 Å². The zero-order valence-electron chi connectivity index (χ0n) is 16.3. The van der Waals surface area contributed by atoms with Gasteiger partial charge in [0.1, 0.15) is 30.7 Å². The van der Waals surface area contributed by atoms with E-state index in [9.17, 15) is 20.4 Å². The van der Waals surface area contributed by atoms with Crippen LogP contribution in [0.15, 0.2) is 30.6 Å². The molecule has 1 aliphatic heterocycles. The SMILES string of the molecule is CCCOc1ncn(-c2ccc(NC(=S)NC3O[C@H](CO)[C@@H](O)[C@H](O)[C@H]3O)cc2)n1. The summed E-state index contributed by atoms with van der Waals surface area (Å²) in [6.07, 6.45) is -4.04. The van der Waals surface area contributed by atoms with Gasteiger partial charge in [0, 0.05) is 5.69 Å². The van der Waals surface area contributed by atoms with E-state index in [1.54, 1.807) is 35.3 Å². The second-order valence-corrected chi connectivity index (χ2v) is 7.12. The maximum atomic E-state index is 10.1. The lowest BCUT2D eigenvalue weighted by atomic mass is 9.98. The minimum atomic E-state index is -1.48. The molecular weight excluding hydrogens is 414 g/mol. The second kappa shape index (κ2) is 10.1. The van der Waals surface area contributed by atoms with Crippen molar-refractivity contribution >= 4 is 23.0 Å². The van der Waals surface area contributed by atoms with Crippen molar-refractivity contribution in [2.24, 2.45) is 0 Å². The molecule has 30 heavy (non-hydrogen) atoms. The molecule has 2 heterocycles.